The first-order valence-electron chi connectivity index (χ1n) is 6.58. The van der Waals surface area contributed by atoms with Gasteiger partial charge in [0, 0.05) is 11.4 Å². The number of hydrogen-bond donors (Lipinski definition) is 0. The number of halogens is 1. The predicted octanol–water partition coefficient (Wildman–Crippen LogP) is 4.38. The third-order valence-electron chi connectivity index (χ3n) is 4.04. The van der Waals surface area contributed by atoms with Crippen molar-refractivity contribution in [1.29, 1.82) is 0 Å². The van der Waals surface area contributed by atoms with Gasteiger partial charge in [-0.15, -0.1) is 0 Å². The van der Waals surface area contributed by atoms with E-state index < -0.39 is 5.41 Å². The van der Waals surface area contributed by atoms with Crippen LogP contribution in [0.4, 0.5) is 0 Å². The Kier molecular flexibility index (Phi) is 3.16. The molecule has 0 bridgehead atoms. The Morgan fingerprint density at radius 3 is 2.11 bits per heavy atom. The van der Waals surface area contributed by atoms with Crippen LogP contribution in [0.5, 0.6) is 0 Å². The van der Waals surface area contributed by atoms with E-state index >= 15 is 0 Å². The van der Waals surface area contributed by atoms with Crippen LogP contribution < -0.4 is 0 Å². The Morgan fingerprint density at radius 1 is 0.895 bits per heavy atom. The zero-order valence-electron chi connectivity index (χ0n) is 10.6. The summed E-state index contributed by atoms with van der Waals surface area (Å²) in [6.07, 6.45) is 2.51. The second-order valence-electron chi connectivity index (χ2n) is 5.05. The van der Waals surface area contributed by atoms with Crippen molar-refractivity contribution < 1.29 is 4.79 Å². The van der Waals surface area contributed by atoms with Crippen molar-refractivity contribution in [3.63, 3.8) is 0 Å². The summed E-state index contributed by atoms with van der Waals surface area (Å²) in [6.45, 7) is 0. The van der Waals surface area contributed by atoms with E-state index in [1.807, 2.05) is 42.5 Å². The van der Waals surface area contributed by atoms with Crippen molar-refractivity contribution in [2.75, 3.05) is 0 Å². The lowest BCUT2D eigenvalue weighted by Crippen LogP contribution is -2.32. The highest BCUT2D eigenvalue weighted by Gasteiger charge is 2.44. The molecule has 1 aliphatic carbocycles. The quantitative estimate of drug-likeness (QED) is 0.791. The van der Waals surface area contributed by atoms with Crippen molar-refractivity contribution in [2.45, 2.75) is 24.7 Å². The topological polar surface area (TPSA) is 17.1 Å². The monoisotopic (exact) mass is 270 g/mol. The van der Waals surface area contributed by atoms with Gasteiger partial charge in [-0.3, -0.25) is 4.79 Å². The molecule has 1 atom stereocenters. The van der Waals surface area contributed by atoms with Gasteiger partial charge < -0.3 is 0 Å². The van der Waals surface area contributed by atoms with E-state index in [1.54, 1.807) is 0 Å². The highest BCUT2D eigenvalue weighted by molar-refractivity contribution is 6.30. The molecule has 0 aliphatic heterocycles. The van der Waals surface area contributed by atoms with Crippen LogP contribution in [0.1, 0.15) is 30.4 Å². The van der Waals surface area contributed by atoms with Crippen LogP contribution in [0.15, 0.2) is 54.6 Å². The molecule has 1 fully saturated rings. The maximum Gasteiger partial charge on any atom is 0.147 e. The summed E-state index contributed by atoms with van der Waals surface area (Å²) in [4.78, 5) is 12.5. The van der Waals surface area contributed by atoms with Gasteiger partial charge in [-0.2, -0.15) is 0 Å². The van der Waals surface area contributed by atoms with E-state index in [2.05, 4.69) is 12.1 Å². The Labute approximate surface area is 118 Å². The number of ketones is 1. The molecule has 1 saturated carbocycles. The fourth-order valence-corrected chi connectivity index (χ4v) is 3.23. The van der Waals surface area contributed by atoms with Crippen molar-refractivity contribution in [3.8, 4) is 0 Å². The van der Waals surface area contributed by atoms with Gasteiger partial charge in [0.2, 0.25) is 0 Å². The number of rotatable bonds is 2. The van der Waals surface area contributed by atoms with Crippen molar-refractivity contribution in [3.05, 3.63) is 70.7 Å². The van der Waals surface area contributed by atoms with Gasteiger partial charge in [-0.1, -0.05) is 54.1 Å². The van der Waals surface area contributed by atoms with Crippen LogP contribution in [0.2, 0.25) is 5.02 Å². The molecule has 1 unspecified atom stereocenters. The molecule has 0 heterocycles. The average molecular weight is 271 g/mol. The number of Topliss-reactive ketones (excluding diaryl/α,β-unsaturated/α-hetero) is 1. The van der Waals surface area contributed by atoms with E-state index in [9.17, 15) is 4.79 Å². The smallest absolute Gasteiger partial charge is 0.147 e. The van der Waals surface area contributed by atoms with Crippen LogP contribution in [0, 0.1) is 0 Å². The average Bonchev–Trinajstić information content (AvgIpc) is 2.83. The number of carbonyl (C=O) groups excluding carboxylic acids is 1. The van der Waals surface area contributed by atoms with Gasteiger partial charge in [0.15, 0.2) is 0 Å². The molecule has 0 saturated heterocycles. The van der Waals surface area contributed by atoms with Crippen LogP contribution in [-0.2, 0) is 10.2 Å². The summed E-state index contributed by atoms with van der Waals surface area (Å²) in [5.74, 6) is 0.320. The minimum Gasteiger partial charge on any atom is -0.298 e. The number of carbonyl (C=O) groups is 1. The Hall–Kier alpha value is -1.60. The van der Waals surface area contributed by atoms with Crippen molar-refractivity contribution >= 4 is 17.4 Å². The lowest BCUT2D eigenvalue weighted by molar-refractivity contribution is -0.120. The SMILES string of the molecule is O=C1CCCC1(c1ccccc1)c1ccc(Cl)cc1. The highest BCUT2D eigenvalue weighted by Crippen LogP contribution is 2.43. The maximum absolute atomic E-state index is 12.5. The van der Waals surface area contributed by atoms with E-state index in [0.29, 0.717) is 17.2 Å². The predicted molar refractivity (Wildman–Crippen MR) is 77.5 cm³/mol. The molecule has 0 spiro atoms. The van der Waals surface area contributed by atoms with E-state index in [-0.39, 0.29) is 0 Å². The molecule has 2 aromatic rings. The molecule has 3 rings (SSSR count). The van der Waals surface area contributed by atoms with E-state index in [1.165, 1.54) is 0 Å². The van der Waals surface area contributed by atoms with E-state index in [4.69, 9.17) is 11.6 Å². The van der Waals surface area contributed by atoms with Gasteiger partial charge in [-0.25, -0.2) is 0 Å². The zero-order valence-corrected chi connectivity index (χ0v) is 11.4. The lowest BCUT2D eigenvalue weighted by Gasteiger charge is -2.28. The Bertz CT molecular complexity index is 588. The highest BCUT2D eigenvalue weighted by atomic mass is 35.5. The standard InChI is InChI=1S/C17H15ClO/c18-15-10-8-14(9-11-15)17(12-4-7-16(17)19)13-5-2-1-3-6-13/h1-3,5-6,8-11H,4,7,12H2. The van der Waals surface area contributed by atoms with Crippen molar-refractivity contribution in [2.24, 2.45) is 0 Å². The summed E-state index contributed by atoms with van der Waals surface area (Å²) in [5, 5.41) is 0.706. The molecule has 0 aromatic heterocycles. The summed E-state index contributed by atoms with van der Waals surface area (Å²) in [5.41, 5.74) is 1.69. The van der Waals surface area contributed by atoms with Gasteiger partial charge in [-0.05, 0) is 36.1 Å². The largest absolute Gasteiger partial charge is 0.298 e. The van der Waals surface area contributed by atoms with Crippen LogP contribution in [0.25, 0.3) is 0 Å². The van der Waals surface area contributed by atoms with Gasteiger partial charge in [0.25, 0.3) is 0 Å². The molecular weight excluding hydrogens is 256 g/mol. The lowest BCUT2D eigenvalue weighted by atomic mass is 9.72. The molecule has 19 heavy (non-hydrogen) atoms. The number of benzene rings is 2. The molecule has 2 heteroatoms. The third kappa shape index (κ3) is 1.98. The zero-order chi connectivity index (χ0) is 13.3. The number of hydrogen-bond acceptors (Lipinski definition) is 1. The van der Waals surface area contributed by atoms with Gasteiger partial charge in [0.05, 0.1) is 5.41 Å². The molecule has 0 N–H and O–H groups in total. The summed E-state index contributed by atoms with van der Waals surface area (Å²) < 4.78 is 0. The molecule has 1 aliphatic rings. The maximum atomic E-state index is 12.5. The van der Waals surface area contributed by atoms with Gasteiger partial charge >= 0.3 is 0 Å². The van der Waals surface area contributed by atoms with E-state index in [0.717, 1.165) is 24.0 Å². The Balaban J connectivity index is 2.18. The molecule has 1 nitrogen and oxygen atoms in total. The first-order chi connectivity index (χ1) is 9.23. The summed E-state index contributed by atoms with van der Waals surface area (Å²) in [6, 6.07) is 17.8. The molecule has 96 valence electrons. The van der Waals surface area contributed by atoms with Gasteiger partial charge in [0.1, 0.15) is 5.78 Å². The molecular formula is C17H15ClO. The molecule has 2 aromatic carbocycles. The first kappa shape index (κ1) is 12.4. The third-order valence-corrected chi connectivity index (χ3v) is 4.29. The minimum absolute atomic E-state index is 0.320. The van der Waals surface area contributed by atoms with Crippen LogP contribution >= 0.6 is 11.6 Å². The second-order valence-corrected chi connectivity index (χ2v) is 5.49. The van der Waals surface area contributed by atoms with Crippen LogP contribution in [-0.4, -0.2) is 5.78 Å². The molecule has 0 amide bonds. The second kappa shape index (κ2) is 4.82. The fraction of sp³-hybridized carbons (Fsp3) is 0.235. The summed E-state index contributed by atoms with van der Waals surface area (Å²) in [7, 11) is 0. The molecule has 0 radical (unpaired) electrons. The van der Waals surface area contributed by atoms with Crippen LogP contribution in [0.3, 0.4) is 0 Å². The fourth-order valence-electron chi connectivity index (χ4n) is 3.10. The Morgan fingerprint density at radius 2 is 1.53 bits per heavy atom. The normalized spacial score (nSPS) is 22.7. The minimum atomic E-state index is -0.466. The first-order valence-corrected chi connectivity index (χ1v) is 6.96. The van der Waals surface area contributed by atoms with Crippen molar-refractivity contribution in [1.82, 2.24) is 0 Å². The summed E-state index contributed by atoms with van der Waals surface area (Å²) >= 11 is 5.96.